The van der Waals surface area contributed by atoms with Gasteiger partial charge in [0, 0.05) is 25.2 Å². The number of carbonyl (C=O) groups is 1. The number of hydrogen-bond donors (Lipinski definition) is 2. The van der Waals surface area contributed by atoms with Gasteiger partial charge in [-0.15, -0.1) is 0 Å². The zero-order chi connectivity index (χ0) is 16.2. The van der Waals surface area contributed by atoms with Crippen LogP contribution in [0.2, 0.25) is 0 Å². The van der Waals surface area contributed by atoms with E-state index in [1.54, 1.807) is 6.07 Å². The van der Waals surface area contributed by atoms with Crippen molar-refractivity contribution in [2.45, 2.75) is 24.7 Å². The smallest absolute Gasteiger partial charge is 0.251 e. The Labute approximate surface area is 131 Å². The average molecular weight is 325 g/mol. The van der Waals surface area contributed by atoms with Gasteiger partial charge in [0.15, 0.2) is 0 Å². The molecule has 0 spiro atoms. The number of amides is 1. The predicted octanol–water partition coefficient (Wildman–Crippen LogP) is 0.796. The number of nitrogens with two attached hydrogens (primary N) is 1. The van der Waals surface area contributed by atoms with Crippen molar-refractivity contribution < 1.29 is 13.2 Å². The number of likely N-dealkylation sites (tertiary alicyclic amines) is 1. The molecule has 22 heavy (non-hydrogen) atoms. The summed E-state index contributed by atoms with van der Waals surface area (Å²) in [5.41, 5.74) is 0.304. The highest BCUT2D eigenvalue weighted by molar-refractivity contribution is 7.89. The summed E-state index contributed by atoms with van der Waals surface area (Å²) in [4.78, 5) is 14.4. The first-order valence-corrected chi connectivity index (χ1v) is 9.04. The topological polar surface area (TPSA) is 92.5 Å². The number of benzene rings is 1. The molecule has 3 N–H and O–H groups in total. The summed E-state index contributed by atoms with van der Waals surface area (Å²) in [6, 6.07) is 5.77. The van der Waals surface area contributed by atoms with Crippen LogP contribution < -0.4 is 10.5 Å². The van der Waals surface area contributed by atoms with Crippen LogP contribution in [0.3, 0.4) is 0 Å². The number of rotatable bonds is 5. The first-order valence-electron chi connectivity index (χ1n) is 7.49. The second-order valence-corrected chi connectivity index (χ2v) is 7.44. The minimum absolute atomic E-state index is 0.0509. The van der Waals surface area contributed by atoms with Crippen molar-refractivity contribution >= 4 is 15.9 Å². The van der Waals surface area contributed by atoms with Gasteiger partial charge in [-0.25, -0.2) is 13.6 Å². The summed E-state index contributed by atoms with van der Waals surface area (Å²) in [6.45, 7) is 5.73. The van der Waals surface area contributed by atoms with Gasteiger partial charge in [-0.1, -0.05) is 13.0 Å². The van der Waals surface area contributed by atoms with Crippen LogP contribution in [0.25, 0.3) is 0 Å². The van der Waals surface area contributed by atoms with Gasteiger partial charge >= 0.3 is 0 Å². The Morgan fingerprint density at radius 2 is 2.23 bits per heavy atom. The second-order valence-electron chi connectivity index (χ2n) is 5.88. The van der Waals surface area contributed by atoms with Crippen LogP contribution >= 0.6 is 0 Å². The zero-order valence-electron chi connectivity index (χ0n) is 12.8. The first-order chi connectivity index (χ1) is 10.4. The lowest BCUT2D eigenvalue weighted by atomic mass is 10.0. The molecular formula is C15H23N3O3S. The van der Waals surface area contributed by atoms with E-state index in [1.165, 1.54) is 31.0 Å². The van der Waals surface area contributed by atoms with E-state index < -0.39 is 10.0 Å². The van der Waals surface area contributed by atoms with Crippen LogP contribution in [-0.4, -0.2) is 45.4 Å². The minimum Gasteiger partial charge on any atom is -0.351 e. The standard InChI is InChI=1S/C15H23N3O3S/c1-12-4-3-8-18(11-12)9-7-17-15(19)13-5-2-6-14(10-13)22(16,20)21/h2,5-6,10,12H,3-4,7-9,11H2,1H3,(H,17,19)(H2,16,20,21)/t12-/m0/s1. The van der Waals surface area contributed by atoms with Crippen LogP contribution in [0, 0.1) is 5.92 Å². The summed E-state index contributed by atoms with van der Waals surface area (Å²) in [7, 11) is -3.79. The van der Waals surface area contributed by atoms with Gasteiger partial charge in [0.1, 0.15) is 0 Å². The minimum atomic E-state index is -3.79. The number of nitrogens with one attached hydrogen (secondary N) is 1. The molecule has 1 fully saturated rings. The molecule has 7 heteroatoms. The highest BCUT2D eigenvalue weighted by atomic mass is 32.2. The van der Waals surface area contributed by atoms with Gasteiger partial charge in [0.25, 0.3) is 5.91 Å². The Morgan fingerprint density at radius 3 is 2.91 bits per heavy atom. The molecule has 0 aliphatic carbocycles. The third-order valence-electron chi connectivity index (χ3n) is 3.88. The van der Waals surface area contributed by atoms with Crippen LogP contribution in [0.5, 0.6) is 0 Å². The monoisotopic (exact) mass is 325 g/mol. The molecule has 0 unspecified atom stereocenters. The summed E-state index contributed by atoms with van der Waals surface area (Å²) in [5.74, 6) is 0.423. The average Bonchev–Trinajstić information content (AvgIpc) is 2.46. The Kier molecular flexibility index (Phi) is 5.55. The molecule has 1 heterocycles. The fourth-order valence-corrected chi connectivity index (χ4v) is 3.29. The molecule has 6 nitrogen and oxygen atoms in total. The summed E-state index contributed by atoms with van der Waals surface area (Å²) >= 11 is 0. The molecule has 1 amide bonds. The molecule has 1 saturated heterocycles. The lowest BCUT2D eigenvalue weighted by Crippen LogP contribution is -2.40. The van der Waals surface area contributed by atoms with Gasteiger partial charge in [0.2, 0.25) is 10.0 Å². The normalized spacial score (nSPS) is 19.8. The molecule has 1 aromatic rings. The fourth-order valence-electron chi connectivity index (χ4n) is 2.73. The van der Waals surface area contributed by atoms with E-state index in [2.05, 4.69) is 17.1 Å². The van der Waals surface area contributed by atoms with Crippen LogP contribution in [-0.2, 0) is 10.0 Å². The van der Waals surface area contributed by atoms with E-state index >= 15 is 0 Å². The fraction of sp³-hybridized carbons (Fsp3) is 0.533. The van der Waals surface area contributed by atoms with E-state index in [-0.39, 0.29) is 10.8 Å². The number of nitrogens with zero attached hydrogens (tertiary/aromatic N) is 1. The molecule has 0 saturated carbocycles. The van der Waals surface area contributed by atoms with Crippen molar-refractivity contribution in [2.75, 3.05) is 26.2 Å². The van der Waals surface area contributed by atoms with Crippen molar-refractivity contribution in [3.05, 3.63) is 29.8 Å². The third-order valence-corrected chi connectivity index (χ3v) is 4.79. The Balaban J connectivity index is 1.87. The molecule has 1 atom stereocenters. The second kappa shape index (κ2) is 7.21. The quantitative estimate of drug-likeness (QED) is 0.837. The van der Waals surface area contributed by atoms with Crippen LogP contribution in [0.15, 0.2) is 29.2 Å². The van der Waals surface area contributed by atoms with Crippen LogP contribution in [0.4, 0.5) is 0 Å². The molecule has 0 aromatic heterocycles. The Hall–Kier alpha value is -1.44. The number of sulfonamides is 1. The lowest BCUT2D eigenvalue weighted by molar-refractivity contribution is 0.0943. The SMILES string of the molecule is C[C@H]1CCCN(CCNC(=O)c2cccc(S(N)(=O)=O)c2)C1. The van der Waals surface area contributed by atoms with E-state index in [1.807, 2.05) is 0 Å². The first kappa shape index (κ1) is 16.9. The Bertz CT molecular complexity index is 631. The van der Waals surface area contributed by atoms with E-state index in [9.17, 15) is 13.2 Å². The van der Waals surface area contributed by atoms with Crippen LogP contribution in [0.1, 0.15) is 30.1 Å². The van der Waals surface area contributed by atoms with Crippen molar-refractivity contribution in [3.63, 3.8) is 0 Å². The van der Waals surface area contributed by atoms with E-state index in [0.717, 1.165) is 19.6 Å². The molecule has 2 rings (SSSR count). The van der Waals surface area contributed by atoms with E-state index in [4.69, 9.17) is 5.14 Å². The molecule has 0 radical (unpaired) electrons. The van der Waals surface area contributed by atoms with Crippen molar-refractivity contribution in [1.29, 1.82) is 0 Å². The molecular weight excluding hydrogens is 302 g/mol. The maximum Gasteiger partial charge on any atom is 0.251 e. The zero-order valence-corrected chi connectivity index (χ0v) is 13.6. The predicted molar refractivity (Wildman–Crippen MR) is 85.0 cm³/mol. The van der Waals surface area contributed by atoms with Gasteiger partial charge in [-0.05, 0) is 43.5 Å². The van der Waals surface area contributed by atoms with Gasteiger partial charge in [-0.3, -0.25) is 4.79 Å². The largest absolute Gasteiger partial charge is 0.351 e. The molecule has 1 aliphatic rings. The number of piperidine rings is 1. The summed E-state index contributed by atoms with van der Waals surface area (Å²) in [5, 5.41) is 7.89. The number of primary sulfonamides is 1. The van der Waals surface area contributed by atoms with Gasteiger partial charge < -0.3 is 10.2 Å². The highest BCUT2D eigenvalue weighted by Crippen LogP contribution is 2.14. The highest BCUT2D eigenvalue weighted by Gasteiger charge is 2.16. The molecule has 122 valence electrons. The number of carbonyl (C=O) groups excluding carboxylic acids is 1. The maximum atomic E-state index is 12.1. The van der Waals surface area contributed by atoms with Gasteiger partial charge in [-0.2, -0.15) is 0 Å². The van der Waals surface area contributed by atoms with Gasteiger partial charge in [0.05, 0.1) is 4.90 Å². The molecule has 1 aromatic carbocycles. The van der Waals surface area contributed by atoms with Crippen molar-refractivity contribution in [2.24, 2.45) is 11.1 Å². The number of hydrogen-bond acceptors (Lipinski definition) is 4. The van der Waals surface area contributed by atoms with Crippen molar-refractivity contribution in [3.8, 4) is 0 Å². The summed E-state index contributed by atoms with van der Waals surface area (Å²) < 4.78 is 22.6. The molecule has 0 bridgehead atoms. The summed E-state index contributed by atoms with van der Waals surface area (Å²) in [6.07, 6.45) is 2.47. The Morgan fingerprint density at radius 1 is 1.45 bits per heavy atom. The molecule has 1 aliphatic heterocycles. The maximum absolute atomic E-state index is 12.1. The lowest BCUT2D eigenvalue weighted by Gasteiger charge is -2.30. The van der Waals surface area contributed by atoms with E-state index in [0.29, 0.717) is 18.0 Å². The third kappa shape index (κ3) is 4.79. The van der Waals surface area contributed by atoms with Crippen molar-refractivity contribution in [1.82, 2.24) is 10.2 Å².